The molecule has 4 rings (SSSR count). The van der Waals surface area contributed by atoms with Crippen molar-refractivity contribution >= 4 is 33.7 Å². The number of ether oxygens (including phenoxy) is 2. The van der Waals surface area contributed by atoms with Gasteiger partial charge in [0.25, 0.3) is 0 Å². The van der Waals surface area contributed by atoms with E-state index in [0.717, 1.165) is 13.1 Å². The average molecular weight is 572 g/mol. The lowest BCUT2D eigenvalue weighted by Crippen LogP contribution is -2.60. The van der Waals surface area contributed by atoms with Crippen LogP contribution in [-0.4, -0.2) is 124 Å². The first-order valence-electron chi connectivity index (χ1n) is 12.9. The number of likely N-dealkylation sites (tertiary alicyclic amines) is 1. The molecule has 2 amide bonds. The highest BCUT2D eigenvalue weighted by atomic mass is 79.9. The zero-order valence-electron chi connectivity index (χ0n) is 21.1. The molecule has 10 nitrogen and oxygen atoms in total. The SMILES string of the molecule is C=CCN(CCN1CCOCC1)C(=O)[C@@H]1N([C@@H](CO)[C@@H](C)CC)C(=O)[C@H]2[C@H](C(=O)O)[C@H]3O[C@@]12CC3Br. The van der Waals surface area contributed by atoms with Gasteiger partial charge in [-0.3, -0.25) is 19.3 Å². The lowest BCUT2D eigenvalue weighted by Gasteiger charge is -2.41. The van der Waals surface area contributed by atoms with Crippen LogP contribution in [0.25, 0.3) is 0 Å². The molecule has 0 saturated carbocycles. The molecular formula is C25H38BrN3O7. The molecule has 202 valence electrons. The van der Waals surface area contributed by atoms with E-state index in [1.165, 1.54) is 4.90 Å². The van der Waals surface area contributed by atoms with Gasteiger partial charge in [0.2, 0.25) is 11.8 Å². The molecule has 1 spiro atoms. The molecule has 8 atom stereocenters. The van der Waals surface area contributed by atoms with E-state index >= 15 is 0 Å². The summed E-state index contributed by atoms with van der Waals surface area (Å²) in [6, 6.07) is -1.63. The minimum absolute atomic E-state index is 0.0917. The highest BCUT2D eigenvalue weighted by molar-refractivity contribution is 9.09. The van der Waals surface area contributed by atoms with Gasteiger partial charge in [-0.05, 0) is 12.3 Å². The van der Waals surface area contributed by atoms with Crippen molar-refractivity contribution in [1.82, 2.24) is 14.7 Å². The van der Waals surface area contributed by atoms with Crippen LogP contribution < -0.4 is 0 Å². The Balaban J connectivity index is 1.71. The molecule has 4 aliphatic rings. The number of carbonyl (C=O) groups is 3. The largest absolute Gasteiger partial charge is 0.481 e. The molecule has 0 radical (unpaired) electrons. The van der Waals surface area contributed by atoms with Crippen LogP contribution in [0.5, 0.6) is 0 Å². The summed E-state index contributed by atoms with van der Waals surface area (Å²) in [5, 5.41) is 20.4. The second-order valence-electron chi connectivity index (χ2n) is 10.4. The van der Waals surface area contributed by atoms with Gasteiger partial charge >= 0.3 is 5.97 Å². The number of aliphatic carboxylic acids is 1. The minimum Gasteiger partial charge on any atom is -0.481 e. The molecule has 0 aromatic rings. The maximum absolute atomic E-state index is 14.3. The van der Waals surface area contributed by atoms with Crippen LogP contribution >= 0.6 is 15.9 Å². The third-order valence-electron chi connectivity index (χ3n) is 8.54. The number of halogens is 1. The molecule has 11 heteroatoms. The summed E-state index contributed by atoms with van der Waals surface area (Å²) in [4.78, 5) is 45.7. The molecule has 2 bridgehead atoms. The Morgan fingerprint density at radius 2 is 2.06 bits per heavy atom. The second-order valence-corrected chi connectivity index (χ2v) is 11.6. The van der Waals surface area contributed by atoms with E-state index in [2.05, 4.69) is 27.4 Å². The van der Waals surface area contributed by atoms with Crippen molar-refractivity contribution in [2.45, 2.75) is 55.3 Å². The molecule has 4 fully saturated rings. The van der Waals surface area contributed by atoms with Crippen LogP contribution in [0, 0.1) is 17.8 Å². The Morgan fingerprint density at radius 3 is 2.64 bits per heavy atom. The summed E-state index contributed by atoms with van der Waals surface area (Å²) in [6.45, 7) is 11.6. The van der Waals surface area contributed by atoms with Crippen LogP contribution in [0.3, 0.4) is 0 Å². The van der Waals surface area contributed by atoms with Gasteiger partial charge in [-0.2, -0.15) is 0 Å². The maximum Gasteiger partial charge on any atom is 0.310 e. The number of carboxylic acids is 1. The monoisotopic (exact) mass is 571 g/mol. The molecular weight excluding hydrogens is 534 g/mol. The zero-order chi connectivity index (χ0) is 26.2. The Kier molecular flexibility index (Phi) is 8.45. The van der Waals surface area contributed by atoms with Gasteiger partial charge in [-0.1, -0.05) is 42.3 Å². The van der Waals surface area contributed by atoms with Crippen molar-refractivity contribution < 1.29 is 34.1 Å². The molecule has 0 aliphatic carbocycles. The summed E-state index contributed by atoms with van der Waals surface area (Å²) in [6.07, 6.45) is 2.01. The normalized spacial score (nSPS) is 35.5. The number of amides is 2. The van der Waals surface area contributed by atoms with Crippen molar-refractivity contribution in [3.05, 3.63) is 12.7 Å². The van der Waals surface area contributed by atoms with Gasteiger partial charge in [-0.25, -0.2) is 0 Å². The number of rotatable bonds is 11. The molecule has 36 heavy (non-hydrogen) atoms. The summed E-state index contributed by atoms with van der Waals surface area (Å²) >= 11 is 3.57. The third-order valence-corrected chi connectivity index (χ3v) is 9.39. The summed E-state index contributed by atoms with van der Waals surface area (Å²) in [7, 11) is 0. The number of morpholine rings is 1. The molecule has 4 heterocycles. The number of hydrogen-bond acceptors (Lipinski definition) is 7. The van der Waals surface area contributed by atoms with Gasteiger partial charge in [0.1, 0.15) is 11.6 Å². The van der Waals surface area contributed by atoms with E-state index in [9.17, 15) is 24.6 Å². The summed E-state index contributed by atoms with van der Waals surface area (Å²) < 4.78 is 11.8. The van der Waals surface area contributed by atoms with E-state index in [4.69, 9.17) is 9.47 Å². The number of alkyl halides is 1. The lowest BCUT2D eigenvalue weighted by atomic mass is 9.70. The van der Waals surface area contributed by atoms with Crippen LogP contribution in [0.15, 0.2) is 12.7 Å². The molecule has 0 aromatic heterocycles. The van der Waals surface area contributed by atoms with E-state index in [1.54, 1.807) is 11.0 Å². The number of hydrogen-bond donors (Lipinski definition) is 2. The number of aliphatic hydroxyl groups is 1. The van der Waals surface area contributed by atoms with Crippen molar-refractivity contribution in [1.29, 1.82) is 0 Å². The number of carbonyl (C=O) groups excluding carboxylic acids is 2. The first-order valence-corrected chi connectivity index (χ1v) is 13.8. The number of fused-ring (bicyclic) bond motifs is 1. The van der Waals surface area contributed by atoms with Crippen molar-refractivity contribution in [2.75, 3.05) is 52.5 Å². The van der Waals surface area contributed by atoms with Crippen LogP contribution in [-0.2, 0) is 23.9 Å². The highest BCUT2D eigenvalue weighted by Crippen LogP contribution is 2.60. The summed E-state index contributed by atoms with van der Waals surface area (Å²) in [5.74, 6) is -3.90. The summed E-state index contributed by atoms with van der Waals surface area (Å²) in [5.41, 5.74) is -1.25. The van der Waals surface area contributed by atoms with E-state index in [-0.39, 0.29) is 23.3 Å². The fourth-order valence-electron chi connectivity index (χ4n) is 6.51. The van der Waals surface area contributed by atoms with Crippen LogP contribution in [0.2, 0.25) is 0 Å². The quantitative estimate of drug-likeness (QED) is 0.273. The van der Waals surface area contributed by atoms with E-state index in [0.29, 0.717) is 45.7 Å². The lowest BCUT2D eigenvalue weighted by molar-refractivity contribution is -0.154. The third kappa shape index (κ3) is 4.51. The Morgan fingerprint density at radius 1 is 1.36 bits per heavy atom. The number of carboxylic acid groups (broad SMARTS) is 1. The molecule has 4 aliphatic heterocycles. The molecule has 0 aromatic carbocycles. The van der Waals surface area contributed by atoms with Crippen molar-refractivity contribution in [2.24, 2.45) is 17.8 Å². The van der Waals surface area contributed by atoms with Gasteiger partial charge in [-0.15, -0.1) is 6.58 Å². The predicted molar refractivity (Wildman–Crippen MR) is 135 cm³/mol. The Bertz CT molecular complexity index is 869. The topological polar surface area (TPSA) is 120 Å². The standard InChI is InChI=1S/C25H38BrN3O7/c1-4-6-28(8-7-27-9-11-35-12-10-27)23(32)21-25-13-16(26)20(36-25)18(24(33)34)19(25)22(31)29(21)17(14-30)15(3)5-2/h4,15-21,30H,1,5-14H2,2-3H3,(H,33,34)/t15-,16?,17-,18-,19+,20-,21-,25+/m0/s1. The van der Waals surface area contributed by atoms with Crippen molar-refractivity contribution in [3.63, 3.8) is 0 Å². The smallest absolute Gasteiger partial charge is 0.310 e. The minimum atomic E-state index is -1.25. The molecule has 2 N–H and O–H groups in total. The molecule has 1 unspecified atom stereocenters. The maximum atomic E-state index is 14.3. The van der Waals surface area contributed by atoms with Gasteiger partial charge in [0.15, 0.2) is 0 Å². The number of aliphatic hydroxyl groups excluding tert-OH is 1. The first kappa shape index (κ1) is 27.5. The fraction of sp³-hybridized carbons (Fsp3) is 0.800. The highest BCUT2D eigenvalue weighted by Gasteiger charge is 2.77. The fourth-order valence-corrected chi connectivity index (χ4v) is 7.45. The Hall–Kier alpha value is -1.53. The predicted octanol–water partition coefficient (Wildman–Crippen LogP) is 0.573. The number of nitrogens with zero attached hydrogens (tertiary/aromatic N) is 3. The zero-order valence-corrected chi connectivity index (χ0v) is 22.6. The average Bonchev–Trinajstić information content (AvgIpc) is 3.46. The first-order chi connectivity index (χ1) is 17.2. The van der Waals surface area contributed by atoms with E-state index in [1.807, 2.05) is 13.8 Å². The van der Waals surface area contributed by atoms with Crippen molar-refractivity contribution in [3.8, 4) is 0 Å². The van der Waals surface area contributed by atoms with Gasteiger partial charge in [0, 0.05) is 37.6 Å². The van der Waals surface area contributed by atoms with Crippen LogP contribution in [0.4, 0.5) is 0 Å². The van der Waals surface area contributed by atoms with Gasteiger partial charge in [0.05, 0.1) is 43.8 Å². The van der Waals surface area contributed by atoms with Crippen LogP contribution in [0.1, 0.15) is 26.7 Å². The van der Waals surface area contributed by atoms with E-state index < -0.39 is 47.5 Å². The Labute approximate surface area is 220 Å². The molecule has 4 saturated heterocycles. The van der Waals surface area contributed by atoms with Gasteiger partial charge < -0.3 is 29.5 Å². The second kappa shape index (κ2) is 11.1.